The zero-order valence-electron chi connectivity index (χ0n) is 17.8. The van der Waals surface area contributed by atoms with E-state index in [9.17, 15) is 9.59 Å². The van der Waals surface area contributed by atoms with Crippen LogP contribution in [0, 0.1) is 6.92 Å². The summed E-state index contributed by atoms with van der Waals surface area (Å²) in [6.45, 7) is 4.93. The molecule has 5 rings (SSSR count). The SMILES string of the molecule is CC(=O)c1cccc(NC(=O)N2CCC3(CC2)Nc2cc(C)ccc2-n2cccc23)c1. The fraction of sp³-hybridized carbons (Fsp3) is 0.280. The van der Waals surface area contributed by atoms with Crippen LogP contribution in [0.1, 0.15) is 41.4 Å². The van der Waals surface area contributed by atoms with Crippen LogP contribution in [-0.2, 0) is 5.54 Å². The molecule has 1 aromatic heterocycles. The highest BCUT2D eigenvalue weighted by atomic mass is 16.2. The van der Waals surface area contributed by atoms with E-state index in [1.165, 1.54) is 23.9 Å². The van der Waals surface area contributed by atoms with Gasteiger partial charge in [0.2, 0.25) is 0 Å². The molecule has 1 saturated heterocycles. The van der Waals surface area contributed by atoms with Crippen LogP contribution in [0.5, 0.6) is 0 Å². The van der Waals surface area contributed by atoms with E-state index in [0.29, 0.717) is 24.3 Å². The molecule has 2 amide bonds. The van der Waals surface area contributed by atoms with Crippen LogP contribution in [0.15, 0.2) is 60.8 Å². The summed E-state index contributed by atoms with van der Waals surface area (Å²) in [5, 5.41) is 6.75. The number of amides is 2. The predicted octanol–water partition coefficient (Wildman–Crippen LogP) is 4.94. The monoisotopic (exact) mass is 414 g/mol. The van der Waals surface area contributed by atoms with Gasteiger partial charge in [0, 0.05) is 36.2 Å². The zero-order valence-corrected chi connectivity index (χ0v) is 17.8. The number of nitrogens with zero attached hydrogens (tertiary/aromatic N) is 2. The first-order chi connectivity index (χ1) is 14.9. The van der Waals surface area contributed by atoms with Crippen molar-refractivity contribution in [1.29, 1.82) is 0 Å². The maximum Gasteiger partial charge on any atom is 0.321 e. The molecule has 0 bridgehead atoms. The van der Waals surface area contributed by atoms with Crippen molar-refractivity contribution in [3.63, 3.8) is 0 Å². The van der Waals surface area contributed by atoms with Crippen molar-refractivity contribution >= 4 is 23.2 Å². The van der Waals surface area contributed by atoms with Gasteiger partial charge in [0.05, 0.1) is 16.9 Å². The van der Waals surface area contributed by atoms with E-state index >= 15 is 0 Å². The molecule has 6 nitrogen and oxygen atoms in total. The molecule has 0 radical (unpaired) electrons. The lowest BCUT2D eigenvalue weighted by Gasteiger charge is -2.46. The van der Waals surface area contributed by atoms with Gasteiger partial charge in [0.1, 0.15) is 0 Å². The van der Waals surface area contributed by atoms with Crippen molar-refractivity contribution in [2.75, 3.05) is 23.7 Å². The fourth-order valence-corrected chi connectivity index (χ4v) is 4.75. The number of benzene rings is 2. The number of hydrogen-bond donors (Lipinski definition) is 2. The van der Waals surface area contributed by atoms with Crippen LogP contribution in [0.2, 0.25) is 0 Å². The number of Topliss-reactive ketones (excluding diaryl/α,β-unsaturated/α-hetero) is 1. The van der Waals surface area contributed by atoms with E-state index in [4.69, 9.17) is 0 Å². The number of nitrogens with one attached hydrogen (secondary N) is 2. The van der Waals surface area contributed by atoms with E-state index in [1.807, 2.05) is 11.0 Å². The molecule has 2 aromatic carbocycles. The van der Waals surface area contributed by atoms with Crippen molar-refractivity contribution < 1.29 is 9.59 Å². The first kappa shape index (κ1) is 19.4. The van der Waals surface area contributed by atoms with Crippen molar-refractivity contribution in [2.24, 2.45) is 0 Å². The lowest BCUT2D eigenvalue weighted by molar-refractivity contribution is 0.101. The quantitative estimate of drug-likeness (QED) is 0.584. The molecule has 0 aliphatic carbocycles. The molecule has 3 aromatic rings. The predicted molar refractivity (Wildman–Crippen MR) is 122 cm³/mol. The largest absolute Gasteiger partial charge is 0.372 e. The molecule has 6 heteroatoms. The number of anilines is 2. The minimum atomic E-state index is -0.185. The topological polar surface area (TPSA) is 66.4 Å². The van der Waals surface area contributed by atoms with Crippen LogP contribution in [0.3, 0.4) is 0 Å². The standard InChI is InChI=1S/C25H26N4O2/c1-17-8-9-22-21(15-17)27-25(23-7-4-12-29(22)23)10-13-28(14-11-25)24(31)26-20-6-3-5-19(16-20)18(2)30/h3-9,12,15-16,27H,10-11,13-14H2,1-2H3,(H,26,31). The van der Waals surface area contributed by atoms with Gasteiger partial charge >= 0.3 is 6.03 Å². The van der Waals surface area contributed by atoms with Crippen molar-refractivity contribution in [3.05, 3.63) is 77.6 Å². The second-order valence-corrected chi connectivity index (χ2v) is 8.55. The van der Waals surface area contributed by atoms with Crippen molar-refractivity contribution in [2.45, 2.75) is 32.2 Å². The Bertz CT molecular complexity index is 1170. The summed E-state index contributed by atoms with van der Waals surface area (Å²) in [5.41, 5.74) is 5.84. The molecular formula is C25H26N4O2. The number of aromatic nitrogens is 1. The summed E-state index contributed by atoms with van der Waals surface area (Å²) >= 11 is 0. The highest BCUT2D eigenvalue weighted by Crippen LogP contribution is 2.43. The number of carbonyl (C=O) groups is 2. The number of ketones is 1. The molecule has 158 valence electrons. The second kappa shape index (κ2) is 7.30. The summed E-state index contributed by atoms with van der Waals surface area (Å²) < 4.78 is 2.27. The molecular weight excluding hydrogens is 388 g/mol. The highest BCUT2D eigenvalue weighted by molar-refractivity contribution is 5.96. The number of hydrogen-bond acceptors (Lipinski definition) is 3. The average Bonchev–Trinajstić information content (AvgIpc) is 3.25. The number of rotatable bonds is 2. The summed E-state index contributed by atoms with van der Waals surface area (Å²) in [6.07, 6.45) is 3.77. The highest BCUT2D eigenvalue weighted by Gasteiger charge is 2.42. The molecule has 3 heterocycles. The van der Waals surface area contributed by atoms with Gasteiger partial charge in [0.25, 0.3) is 0 Å². The van der Waals surface area contributed by atoms with E-state index in [0.717, 1.165) is 18.5 Å². The number of aryl methyl sites for hydroxylation is 1. The maximum absolute atomic E-state index is 12.9. The van der Waals surface area contributed by atoms with E-state index in [1.54, 1.807) is 18.2 Å². The molecule has 1 fully saturated rings. The number of fused-ring (bicyclic) bond motifs is 4. The second-order valence-electron chi connectivity index (χ2n) is 8.55. The first-order valence-electron chi connectivity index (χ1n) is 10.7. The summed E-state index contributed by atoms with van der Waals surface area (Å²) in [4.78, 5) is 26.3. The van der Waals surface area contributed by atoms with Gasteiger partial charge in [-0.1, -0.05) is 18.2 Å². The Morgan fingerprint density at radius 3 is 2.61 bits per heavy atom. The Balaban J connectivity index is 1.33. The summed E-state index contributed by atoms with van der Waals surface area (Å²) in [6, 6.07) is 17.7. The molecule has 0 saturated carbocycles. The van der Waals surface area contributed by atoms with Gasteiger partial charge in [-0.3, -0.25) is 4.79 Å². The number of carbonyl (C=O) groups excluding carboxylic acids is 2. The third-order valence-electron chi connectivity index (χ3n) is 6.45. The maximum atomic E-state index is 12.9. The van der Waals surface area contributed by atoms with Crippen LogP contribution < -0.4 is 10.6 Å². The Kier molecular flexibility index (Phi) is 4.58. The molecule has 2 aliphatic heterocycles. The van der Waals surface area contributed by atoms with Crippen LogP contribution in [0.25, 0.3) is 5.69 Å². The summed E-state index contributed by atoms with van der Waals surface area (Å²) in [7, 11) is 0. The van der Waals surface area contributed by atoms with E-state index in [2.05, 4.69) is 58.7 Å². The molecule has 1 spiro atoms. The van der Waals surface area contributed by atoms with Gasteiger partial charge in [-0.15, -0.1) is 0 Å². The molecule has 2 N–H and O–H groups in total. The molecule has 0 unspecified atom stereocenters. The van der Waals surface area contributed by atoms with Crippen LogP contribution in [-0.4, -0.2) is 34.4 Å². The van der Waals surface area contributed by atoms with Gasteiger partial charge < -0.3 is 20.1 Å². The molecule has 2 aliphatic rings. The van der Waals surface area contributed by atoms with E-state index in [-0.39, 0.29) is 17.4 Å². The third-order valence-corrected chi connectivity index (χ3v) is 6.45. The fourth-order valence-electron chi connectivity index (χ4n) is 4.75. The lowest BCUT2D eigenvalue weighted by Crippen LogP contribution is -2.51. The van der Waals surface area contributed by atoms with Crippen LogP contribution in [0.4, 0.5) is 16.2 Å². The molecule has 31 heavy (non-hydrogen) atoms. The minimum Gasteiger partial charge on any atom is -0.372 e. The van der Waals surface area contributed by atoms with Gasteiger partial charge in [-0.05, 0) is 68.7 Å². The van der Waals surface area contributed by atoms with Gasteiger partial charge in [-0.2, -0.15) is 0 Å². The van der Waals surface area contributed by atoms with Crippen molar-refractivity contribution in [1.82, 2.24) is 9.47 Å². The Morgan fingerprint density at radius 2 is 1.84 bits per heavy atom. The van der Waals surface area contributed by atoms with Gasteiger partial charge in [-0.25, -0.2) is 4.79 Å². The van der Waals surface area contributed by atoms with Gasteiger partial charge in [0.15, 0.2) is 5.78 Å². The average molecular weight is 415 g/mol. The minimum absolute atomic E-state index is 0.0158. The third kappa shape index (κ3) is 3.38. The number of urea groups is 1. The zero-order chi connectivity index (χ0) is 21.6. The number of likely N-dealkylation sites (tertiary alicyclic amines) is 1. The van der Waals surface area contributed by atoms with Crippen LogP contribution >= 0.6 is 0 Å². The molecule has 0 atom stereocenters. The Morgan fingerprint density at radius 1 is 1.03 bits per heavy atom. The Hall–Kier alpha value is -3.54. The van der Waals surface area contributed by atoms with E-state index < -0.39 is 0 Å². The van der Waals surface area contributed by atoms with Crippen molar-refractivity contribution in [3.8, 4) is 5.69 Å². The number of piperidine rings is 1. The Labute approximate surface area is 181 Å². The first-order valence-corrected chi connectivity index (χ1v) is 10.7. The smallest absolute Gasteiger partial charge is 0.321 e. The summed E-state index contributed by atoms with van der Waals surface area (Å²) in [5.74, 6) is -0.0158. The normalized spacial score (nSPS) is 16.3. The lowest BCUT2D eigenvalue weighted by atomic mass is 9.82.